The third-order valence-electron chi connectivity index (χ3n) is 4.54. The highest BCUT2D eigenvalue weighted by atomic mass is 19.1. The number of rotatable bonds is 5. The maximum atomic E-state index is 13.8. The Morgan fingerprint density at radius 1 is 0.889 bits per heavy atom. The molecule has 5 nitrogen and oxygen atoms in total. The fourth-order valence-corrected chi connectivity index (χ4v) is 3.02. The monoisotopic (exact) mass is 373 g/mol. The number of nitrogens with one attached hydrogen (secondary N) is 1. The first-order chi connectivity index (χ1) is 13.0. The van der Waals surface area contributed by atoms with Crippen LogP contribution in [-0.4, -0.2) is 54.3 Å². The SMILES string of the molecule is O=C(CN1CCN(C(=O)c2c(F)cccc2F)CC1)NCc1ccccc1. The summed E-state index contributed by atoms with van der Waals surface area (Å²) in [5.41, 5.74) is 0.500. The van der Waals surface area contributed by atoms with Crippen LogP contribution in [-0.2, 0) is 11.3 Å². The van der Waals surface area contributed by atoms with Gasteiger partial charge in [-0.1, -0.05) is 36.4 Å². The molecule has 1 aliphatic rings. The number of piperazine rings is 1. The molecule has 2 aromatic carbocycles. The lowest BCUT2D eigenvalue weighted by atomic mass is 10.1. The van der Waals surface area contributed by atoms with Crippen molar-refractivity contribution in [1.82, 2.24) is 15.1 Å². The largest absolute Gasteiger partial charge is 0.351 e. The summed E-state index contributed by atoms with van der Waals surface area (Å²) in [6.07, 6.45) is 0. The van der Waals surface area contributed by atoms with Crippen molar-refractivity contribution >= 4 is 11.8 Å². The second-order valence-electron chi connectivity index (χ2n) is 6.43. The Hall–Kier alpha value is -2.80. The second kappa shape index (κ2) is 8.73. The van der Waals surface area contributed by atoms with E-state index in [9.17, 15) is 18.4 Å². The molecular formula is C20H21F2N3O2. The van der Waals surface area contributed by atoms with Gasteiger partial charge in [-0.2, -0.15) is 0 Å². The van der Waals surface area contributed by atoms with Gasteiger partial charge in [-0.15, -0.1) is 0 Å². The third kappa shape index (κ3) is 4.89. The molecule has 7 heteroatoms. The van der Waals surface area contributed by atoms with E-state index in [1.165, 1.54) is 11.0 Å². The van der Waals surface area contributed by atoms with Gasteiger partial charge in [0.2, 0.25) is 5.91 Å². The fourth-order valence-electron chi connectivity index (χ4n) is 3.02. The summed E-state index contributed by atoms with van der Waals surface area (Å²) in [5, 5.41) is 2.86. The van der Waals surface area contributed by atoms with E-state index in [-0.39, 0.29) is 12.5 Å². The first-order valence-electron chi connectivity index (χ1n) is 8.81. The molecule has 0 spiro atoms. The third-order valence-corrected chi connectivity index (χ3v) is 4.54. The van der Waals surface area contributed by atoms with Gasteiger partial charge in [0.1, 0.15) is 17.2 Å². The van der Waals surface area contributed by atoms with E-state index in [1.807, 2.05) is 35.2 Å². The number of carbonyl (C=O) groups is 2. The number of hydrogen-bond acceptors (Lipinski definition) is 3. The van der Waals surface area contributed by atoms with Crippen molar-refractivity contribution < 1.29 is 18.4 Å². The number of halogens is 2. The maximum absolute atomic E-state index is 13.8. The van der Waals surface area contributed by atoms with Crippen LogP contribution in [0.5, 0.6) is 0 Å². The van der Waals surface area contributed by atoms with E-state index in [1.54, 1.807) is 0 Å². The molecule has 0 saturated carbocycles. The summed E-state index contributed by atoms with van der Waals surface area (Å²) >= 11 is 0. The molecule has 0 aromatic heterocycles. The Morgan fingerprint density at radius 3 is 2.15 bits per heavy atom. The van der Waals surface area contributed by atoms with Gasteiger partial charge in [0, 0.05) is 32.7 Å². The number of amides is 2. The summed E-state index contributed by atoms with van der Waals surface area (Å²) in [4.78, 5) is 27.8. The van der Waals surface area contributed by atoms with Crippen molar-refractivity contribution in [3.63, 3.8) is 0 Å². The Labute approximate surface area is 156 Å². The minimum Gasteiger partial charge on any atom is -0.351 e. The standard InChI is InChI=1S/C20H21F2N3O2/c21-16-7-4-8-17(22)19(16)20(27)25-11-9-24(10-12-25)14-18(26)23-13-15-5-2-1-3-6-15/h1-8H,9-14H2,(H,23,26). The van der Waals surface area contributed by atoms with Crippen LogP contribution >= 0.6 is 0 Å². The first-order valence-corrected chi connectivity index (χ1v) is 8.81. The van der Waals surface area contributed by atoms with Crippen molar-refractivity contribution in [1.29, 1.82) is 0 Å². The predicted molar refractivity (Wildman–Crippen MR) is 97.0 cm³/mol. The minimum absolute atomic E-state index is 0.0984. The normalized spacial score (nSPS) is 14.8. The van der Waals surface area contributed by atoms with Gasteiger partial charge in [-0.25, -0.2) is 8.78 Å². The van der Waals surface area contributed by atoms with Gasteiger partial charge in [0.25, 0.3) is 5.91 Å². The van der Waals surface area contributed by atoms with Gasteiger partial charge in [-0.3, -0.25) is 14.5 Å². The van der Waals surface area contributed by atoms with Crippen molar-refractivity contribution in [3.8, 4) is 0 Å². The summed E-state index contributed by atoms with van der Waals surface area (Å²) < 4.78 is 27.6. The van der Waals surface area contributed by atoms with Crippen LogP contribution in [0.1, 0.15) is 15.9 Å². The summed E-state index contributed by atoms with van der Waals surface area (Å²) in [7, 11) is 0. The predicted octanol–water partition coefficient (Wildman–Crippen LogP) is 2.04. The molecule has 0 atom stereocenters. The molecule has 1 aliphatic heterocycles. The van der Waals surface area contributed by atoms with Gasteiger partial charge in [0.15, 0.2) is 0 Å². The van der Waals surface area contributed by atoms with E-state index in [2.05, 4.69) is 5.32 Å². The quantitative estimate of drug-likeness (QED) is 0.873. The molecule has 0 bridgehead atoms. The van der Waals surface area contributed by atoms with Crippen LogP contribution < -0.4 is 5.32 Å². The molecule has 0 unspecified atom stereocenters. The Morgan fingerprint density at radius 2 is 1.52 bits per heavy atom. The number of benzene rings is 2. The highest BCUT2D eigenvalue weighted by molar-refractivity contribution is 5.94. The zero-order valence-corrected chi connectivity index (χ0v) is 14.8. The van der Waals surface area contributed by atoms with E-state index >= 15 is 0 Å². The fraction of sp³-hybridized carbons (Fsp3) is 0.300. The Balaban J connectivity index is 1.47. The molecule has 1 heterocycles. The molecule has 0 aliphatic carbocycles. The van der Waals surface area contributed by atoms with Crippen molar-refractivity contribution in [2.45, 2.75) is 6.54 Å². The molecule has 0 radical (unpaired) electrons. The van der Waals surface area contributed by atoms with Crippen LogP contribution in [0.2, 0.25) is 0 Å². The van der Waals surface area contributed by atoms with Crippen LogP contribution in [0.3, 0.4) is 0 Å². The number of carbonyl (C=O) groups excluding carboxylic acids is 2. The first kappa shape index (κ1) is 19.0. The van der Waals surface area contributed by atoms with Gasteiger partial charge >= 0.3 is 0 Å². The highest BCUT2D eigenvalue weighted by Gasteiger charge is 2.27. The van der Waals surface area contributed by atoms with Crippen molar-refractivity contribution in [2.75, 3.05) is 32.7 Å². The van der Waals surface area contributed by atoms with Crippen LogP contribution in [0.25, 0.3) is 0 Å². The summed E-state index contributed by atoms with van der Waals surface area (Å²) in [6, 6.07) is 13.0. The van der Waals surface area contributed by atoms with E-state index in [0.29, 0.717) is 32.7 Å². The van der Waals surface area contributed by atoms with E-state index < -0.39 is 23.1 Å². The molecular weight excluding hydrogens is 352 g/mol. The van der Waals surface area contributed by atoms with Crippen LogP contribution in [0.4, 0.5) is 8.78 Å². The van der Waals surface area contributed by atoms with Crippen LogP contribution in [0.15, 0.2) is 48.5 Å². The van der Waals surface area contributed by atoms with Crippen molar-refractivity contribution in [2.24, 2.45) is 0 Å². The van der Waals surface area contributed by atoms with Crippen molar-refractivity contribution in [3.05, 3.63) is 71.3 Å². The zero-order chi connectivity index (χ0) is 19.2. The molecule has 27 heavy (non-hydrogen) atoms. The number of nitrogens with zero attached hydrogens (tertiary/aromatic N) is 2. The average molecular weight is 373 g/mol. The lowest BCUT2D eigenvalue weighted by Crippen LogP contribution is -2.51. The lowest BCUT2D eigenvalue weighted by Gasteiger charge is -2.34. The zero-order valence-electron chi connectivity index (χ0n) is 14.8. The Bertz CT molecular complexity index is 786. The van der Waals surface area contributed by atoms with Crippen LogP contribution in [0, 0.1) is 11.6 Å². The molecule has 1 N–H and O–H groups in total. The second-order valence-corrected chi connectivity index (χ2v) is 6.43. The molecule has 1 fully saturated rings. The van der Waals surface area contributed by atoms with E-state index in [4.69, 9.17) is 0 Å². The molecule has 142 valence electrons. The molecule has 3 rings (SSSR count). The summed E-state index contributed by atoms with van der Waals surface area (Å²) in [6.45, 7) is 2.27. The molecule has 2 aromatic rings. The van der Waals surface area contributed by atoms with Gasteiger partial charge < -0.3 is 10.2 Å². The minimum atomic E-state index is -0.859. The van der Waals surface area contributed by atoms with Gasteiger partial charge in [0.05, 0.1) is 6.54 Å². The van der Waals surface area contributed by atoms with Gasteiger partial charge in [-0.05, 0) is 17.7 Å². The molecule has 1 saturated heterocycles. The molecule has 2 amide bonds. The average Bonchev–Trinajstić information content (AvgIpc) is 2.67. The number of hydrogen-bond donors (Lipinski definition) is 1. The maximum Gasteiger partial charge on any atom is 0.259 e. The topological polar surface area (TPSA) is 52.7 Å². The summed E-state index contributed by atoms with van der Waals surface area (Å²) in [5.74, 6) is -2.47. The highest BCUT2D eigenvalue weighted by Crippen LogP contribution is 2.16. The smallest absolute Gasteiger partial charge is 0.259 e. The lowest BCUT2D eigenvalue weighted by molar-refractivity contribution is -0.122. The van der Waals surface area contributed by atoms with E-state index in [0.717, 1.165) is 17.7 Å². The Kier molecular flexibility index (Phi) is 6.13.